The van der Waals surface area contributed by atoms with E-state index in [0.717, 1.165) is 21.7 Å². The first-order valence-corrected chi connectivity index (χ1v) is 18.2. The maximum absolute atomic E-state index is 15.3. The Morgan fingerprint density at radius 1 is 0.849 bits per heavy atom. The monoisotopic (exact) mass is 707 g/mol. The molecule has 9 heteroatoms. The Morgan fingerprint density at radius 2 is 1.58 bits per heavy atom. The number of aromatic hydroxyl groups is 2. The van der Waals surface area contributed by atoms with Crippen molar-refractivity contribution in [3.05, 3.63) is 149 Å². The molecule has 2 saturated heterocycles. The van der Waals surface area contributed by atoms with Crippen LogP contribution in [0.3, 0.4) is 0 Å². The number of hydrazine groups is 1. The number of nitrogens with one attached hydrogen (secondary N) is 1. The molecule has 0 spiro atoms. The Morgan fingerprint density at radius 3 is 2.30 bits per heavy atom. The highest BCUT2D eigenvalue weighted by atomic mass is 16.3. The number of carbonyl (C=O) groups is 4. The van der Waals surface area contributed by atoms with E-state index in [1.165, 1.54) is 4.90 Å². The molecule has 268 valence electrons. The van der Waals surface area contributed by atoms with Crippen LogP contribution in [0.1, 0.15) is 46.6 Å². The van der Waals surface area contributed by atoms with Crippen LogP contribution >= 0.6 is 0 Å². The molecule has 2 heterocycles. The van der Waals surface area contributed by atoms with Gasteiger partial charge in [0.25, 0.3) is 11.8 Å². The third-order valence-corrected chi connectivity index (χ3v) is 11.9. The normalized spacial score (nSPS) is 26.2. The van der Waals surface area contributed by atoms with Crippen molar-refractivity contribution in [2.75, 3.05) is 12.0 Å². The van der Waals surface area contributed by atoms with Crippen molar-refractivity contribution in [3.63, 3.8) is 0 Å². The Bertz CT molecular complexity index is 2160. The lowest BCUT2D eigenvalue weighted by molar-refractivity contribution is -0.141. The van der Waals surface area contributed by atoms with Crippen molar-refractivity contribution in [1.29, 1.82) is 0 Å². The number of nitrogens with zero attached hydrogens (tertiary/aromatic N) is 2. The van der Waals surface area contributed by atoms with Gasteiger partial charge in [-0.1, -0.05) is 96.1 Å². The van der Waals surface area contributed by atoms with Crippen molar-refractivity contribution < 1.29 is 29.4 Å². The number of aryl methyl sites for hydroxylation is 1. The summed E-state index contributed by atoms with van der Waals surface area (Å²) in [6, 6.07) is 28.9. The van der Waals surface area contributed by atoms with E-state index in [0.29, 0.717) is 41.6 Å². The SMILES string of the molecule is C=CCc1cccc([C@H]2C3=CC[C@@H]4C(=O)N(CCc5ccc(O)cc5)C(=O)[C@@H]4[C@@H]3C[C@H]3C(=O)N(Nc4ccc(C)cc4)C(=O)[C@@]23c2ccccc2)c1O. The van der Waals surface area contributed by atoms with E-state index in [-0.39, 0.29) is 36.3 Å². The number of benzene rings is 4. The number of rotatable bonds is 9. The summed E-state index contributed by atoms with van der Waals surface area (Å²) in [5, 5.41) is 22.9. The highest BCUT2D eigenvalue weighted by molar-refractivity contribution is 6.13. The quantitative estimate of drug-likeness (QED) is 0.137. The molecule has 4 aliphatic rings. The molecule has 4 aromatic rings. The number of hydrogen-bond acceptors (Lipinski definition) is 7. The predicted molar refractivity (Wildman–Crippen MR) is 199 cm³/mol. The van der Waals surface area contributed by atoms with Crippen LogP contribution in [0, 0.1) is 30.6 Å². The minimum absolute atomic E-state index is 0.0182. The highest BCUT2D eigenvalue weighted by Crippen LogP contribution is 2.65. The van der Waals surface area contributed by atoms with Crippen molar-refractivity contribution in [2.45, 2.75) is 43.9 Å². The number of carbonyl (C=O) groups excluding carboxylic acids is 4. The van der Waals surface area contributed by atoms with Gasteiger partial charge in [-0.05, 0) is 79.5 Å². The van der Waals surface area contributed by atoms with Crippen molar-refractivity contribution >= 4 is 29.3 Å². The molecule has 4 aromatic carbocycles. The molecule has 0 radical (unpaired) electrons. The van der Waals surface area contributed by atoms with Gasteiger partial charge >= 0.3 is 0 Å². The van der Waals surface area contributed by atoms with Gasteiger partial charge in [0.2, 0.25) is 11.8 Å². The van der Waals surface area contributed by atoms with Gasteiger partial charge in [0.05, 0.1) is 28.9 Å². The second-order valence-corrected chi connectivity index (χ2v) is 14.7. The van der Waals surface area contributed by atoms with Crippen LogP contribution in [0.5, 0.6) is 11.5 Å². The lowest BCUT2D eigenvalue weighted by Gasteiger charge is -2.50. The van der Waals surface area contributed by atoms with Crippen LogP contribution in [0.4, 0.5) is 5.69 Å². The zero-order chi connectivity index (χ0) is 37.0. The molecule has 8 rings (SSSR count). The number of amides is 4. The number of phenols is 2. The van der Waals surface area contributed by atoms with Crippen molar-refractivity contribution in [1.82, 2.24) is 9.91 Å². The number of para-hydroxylation sites is 1. The first-order valence-electron chi connectivity index (χ1n) is 18.2. The predicted octanol–water partition coefficient (Wildman–Crippen LogP) is 6.36. The van der Waals surface area contributed by atoms with Crippen LogP contribution in [-0.2, 0) is 37.4 Å². The summed E-state index contributed by atoms with van der Waals surface area (Å²) >= 11 is 0. The Labute approximate surface area is 308 Å². The second kappa shape index (κ2) is 13.2. The maximum Gasteiger partial charge on any atom is 0.260 e. The summed E-state index contributed by atoms with van der Waals surface area (Å²) < 4.78 is 0. The molecular formula is C44H41N3O6. The molecule has 9 nitrogen and oxygen atoms in total. The fraction of sp³-hybridized carbons (Fsp3) is 0.273. The smallest absolute Gasteiger partial charge is 0.260 e. The van der Waals surface area contributed by atoms with E-state index >= 15 is 4.79 Å². The number of fused-ring (bicyclic) bond motifs is 4. The molecule has 6 atom stereocenters. The number of likely N-dealkylation sites (tertiary alicyclic amines) is 1. The van der Waals surface area contributed by atoms with Crippen molar-refractivity contribution in [2.24, 2.45) is 23.7 Å². The lowest BCUT2D eigenvalue weighted by atomic mass is 9.49. The van der Waals surface area contributed by atoms with Crippen LogP contribution in [0.25, 0.3) is 0 Å². The first-order chi connectivity index (χ1) is 25.6. The molecule has 0 unspecified atom stereocenters. The molecule has 2 aliphatic carbocycles. The van der Waals surface area contributed by atoms with Gasteiger partial charge in [-0.2, -0.15) is 5.01 Å². The van der Waals surface area contributed by atoms with Gasteiger partial charge < -0.3 is 10.2 Å². The van der Waals surface area contributed by atoms with Crippen LogP contribution in [0.15, 0.2) is 121 Å². The number of allylic oxidation sites excluding steroid dienone is 3. The molecule has 4 amide bonds. The van der Waals surface area contributed by atoms with E-state index < -0.39 is 46.8 Å². The molecule has 0 bridgehead atoms. The van der Waals surface area contributed by atoms with E-state index in [1.807, 2.05) is 85.8 Å². The average molecular weight is 708 g/mol. The molecule has 3 N–H and O–H groups in total. The van der Waals surface area contributed by atoms with E-state index in [1.54, 1.807) is 30.3 Å². The van der Waals surface area contributed by atoms with E-state index in [9.17, 15) is 24.6 Å². The van der Waals surface area contributed by atoms with Gasteiger partial charge in [0.1, 0.15) is 11.5 Å². The summed E-state index contributed by atoms with van der Waals surface area (Å²) in [6.07, 6.45) is 4.99. The van der Waals surface area contributed by atoms with Gasteiger partial charge in [0, 0.05) is 18.0 Å². The number of phenolic OH excluding ortho intramolecular Hbond substituents is 2. The van der Waals surface area contributed by atoms with Crippen LogP contribution in [-0.4, -0.2) is 50.3 Å². The maximum atomic E-state index is 15.3. The molecular weight excluding hydrogens is 666 g/mol. The number of hydrogen-bond donors (Lipinski definition) is 3. The van der Waals surface area contributed by atoms with Gasteiger partial charge in [-0.3, -0.25) is 29.5 Å². The summed E-state index contributed by atoms with van der Waals surface area (Å²) in [7, 11) is 0. The summed E-state index contributed by atoms with van der Waals surface area (Å²) in [5.74, 6) is -4.83. The summed E-state index contributed by atoms with van der Waals surface area (Å²) in [5.41, 5.74) is 6.68. The van der Waals surface area contributed by atoms with Crippen LogP contribution < -0.4 is 5.43 Å². The van der Waals surface area contributed by atoms with E-state index in [4.69, 9.17) is 0 Å². The zero-order valence-corrected chi connectivity index (χ0v) is 29.4. The Balaban J connectivity index is 1.27. The number of anilines is 1. The molecule has 3 fully saturated rings. The summed E-state index contributed by atoms with van der Waals surface area (Å²) in [4.78, 5) is 60.0. The fourth-order valence-electron chi connectivity index (χ4n) is 9.45. The van der Waals surface area contributed by atoms with Crippen LogP contribution in [0.2, 0.25) is 0 Å². The highest BCUT2D eigenvalue weighted by Gasteiger charge is 2.70. The average Bonchev–Trinajstić information content (AvgIpc) is 3.54. The lowest BCUT2D eigenvalue weighted by Crippen LogP contribution is -2.53. The number of imide groups is 2. The topological polar surface area (TPSA) is 127 Å². The Hall–Kier alpha value is -5.96. The second-order valence-electron chi connectivity index (χ2n) is 14.7. The standard InChI is InChI=1S/C44H41N3O6/c1-3-8-28-9-7-12-34(39(28)49)38-32-21-22-33-37(42(52)46(40(33)50)24-23-27-15-19-31(48)20-16-27)35(32)25-36-41(51)47(45-30-17-13-26(2)14-18-30)43(53)44(36,38)29-10-5-4-6-11-29/h3-7,9-21,33,35-38,45,48-49H,1,8,22-25H2,2H3/t33-,35+,36-,37-,38+,44+/m0/s1. The third-order valence-electron chi connectivity index (χ3n) is 11.9. The minimum Gasteiger partial charge on any atom is -0.508 e. The molecule has 2 aliphatic heterocycles. The largest absolute Gasteiger partial charge is 0.508 e. The first kappa shape index (κ1) is 34.1. The molecule has 53 heavy (non-hydrogen) atoms. The fourth-order valence-corrected chi connectivity index (χ4v) is 9.45. The molecule has 1 saturated carbocycles. The van der Waals surface area contributed by atoms with Gasteiger partial charge in [0.15, 0.2) is 0 Å². The van der Waals surface area contributed by atoms with Crippen molar-refractivity contribution in [3.8, 4) is 11.5 Å². The van der Waals surface area contributed by atoms with Gasteiger partial charge in [-0.25, -0.2) is 0 Å². The zero-order valence-electron chi connectivity index (χ0n) is 29.4. The minimum atomic E-state index is -1.47. The van der Waals surface area contributed by atoms with Gasteiger partial charge in [-0.15, -0.1) is 6.58 Å². The molecule has 0 aromatic heterocycles. The Kier molecular flexibility index (Phi) is 8.52. The third kappa shape index (κ3) is 5.36. The summed E-state index contributed by atoms with van der Waals surface area (Å²) in [6.45, 7) is 6.02. The van der Waals surface area contributed by atoms with E-state index in [2.05, 4.69) is 12.0 Å².